The van der Waals surface area contributed by atoms with Crippen molar-refractivity contribution in [3.05, 3.63) is 10.6 Å². The van der Waals surface area contributed by atoms with Gasteiger partial charge in [0, 0.05) is 12.2 Å². The first kappa shape index (κ1) is 10.5. The quantitative estimate of drug-likeness (QED) is 0.767. The summed E-state index contributed by atoms with van der Waals surface area (Å²) < 4.78 is 0. The number of allylic oxidation sites excluding steroid dienone is 1. The maximum atomic E-state index is 11.3. The van der Waals surface area contributed by atoms with Gasteiger partial charge in [-0.25, -0.2) is 0 Å². The van der Waals surface area contributed by atoms with Crippen molar-refractivity contribution >= 4 is 22.8 Å². The molecule has 0 saturated heterocycles. The fourth-order valence-electron chi connectivity index (χ4n) is 1.94. The molecule has 1 amide bonds. The molecule has 0 saturated carbocycles. The van der Waals surface area contributed by atoms with Crippen molar-refractivity contribution in [1.29, 1.82) is 0 Å². The molecule has 2 aliphatic rings. The SMILES string of the molecule is CC1CN2C(=N1)SC(C(N)=O)=C2C(C)C. The van der Waals surface area contributed by atoms with E-state index in [0.29, 0.717) is 16.9 Å². The van der Waals surface area contributed by atoms with Gasteiger partial charge in [0.05, 0.1) is 10.9 Å². The van der Waals surface area contributed by atoms with Gasteiger partial charge in [-0.2, -0.15) is 0 Å². The molecule has 0 spiro atoms. The van der Waals surface area contributed by atoms with Gasteiger partial charge in [0.15, 0.2) is 5.17 Å². The van der Waals surface area contributed by atoms with E-state index in [1.165, 1.54) is 11.8 Å². The molecule has 2 heterocycles. The van der Waals surface area contributed by atoms with Crippen LogP contribution in [0.3, 0.4) is 0 Å². The first-order valence-electron chi connectivity index (χ1n) is 5.08. The first-order valence-corrected chi connectivity index (χ1v) is 5.89. The number of hydrogen-bond donors (Lipinski definition) is 1. The molecule has 5 heteroatoms. The van der Waals surface area contributed by atoms with Crippen LogP contribution >= 0.6 is 11.8 Å². The minimum absolute atomic E-state index is 0.304. The van der Waals surface area contributed by atoms with E-state index in [1.807, 2.05) is 0 Å². The van der Waals surface area contributed by atoms with E-state index in [-0.39, 0.29) is 5.91 Å². The van der Waals surface area contributed by atoms with Crippen LogP contribution in [0.4, 0.5) is 0 Å². The monoisotopic (exact) mass is 225 g/mol. The van der Waals surface area contributed by atoms with Crippen LogP contribution in [0.15, 0.2) is 15.6 Å². The van der Waals surface area contributed by atoms with Crippen LogP contribution < -0.4 is 5.73 Å². The van der Waals surface area contributed by atoms with E-state index in [1.54, 1.807) is 0 Å². The highest BCUT2D eigenvalue weighted by Crippen LogP contribution is 2.40. The molecule has 0 fully saturated rings. The summed E-state index contributed by atoms with van der Waals surface area (Å²) >= 11 is 1.41. The third-order valence-corrected chi connectivity index (χ3v) is 3.62. The Morgan fingerprint density at radius 1 is 1.67 bits per heavy atom. The minimum atomic E-state index is -0.339. The Kier molecular flexibility index (Phi) is 2.50. The lowest BCUT2D eigenvalue weighted by atomic mass is 10.1. The minimum Gasteiger partial charge on any atom is -0.365 e. The number of primary amides is 1. The van der Waals surface area contributed by atoms with E-state index < -0.39 is 0 Å². The fourth-order valence-corrected chi connectivity index (χ4v) is 3.19. The summed E-state index contributed by atoms with van der Waals surface area (Å²) in [6.45, 7) is 7.09. The molecule has 1 unspecified atom stereocenters. The largest absolute Gasteiger partial charge is 0.365 e. The van der Waals surface area contributed by atoms with Gasteiger partial charge in [-0.3, -0.25) is 9.79 Å². The third kappa shape index (κ3) is 1.65. The van der Waals surface area contributed by atoms with Crippen molar-refractivity contribution in [3.8, 4) is 0 Å². The number of amides is 1. The Morgan fingerprint density at radius 2 is 2.33 bits per heavy atom. The number of carbonyl (C=O) groups is 1. The molecule has 0 aromatic heterocycles. The number of thioether (sulfide) groups is 1. The van der Waals surface area contributed by atoms with Crippen molar-refractivity contribution in [1.82, 2.24) is 4.90 Å². The van der Waals surface area contributed by atoms with Crippen molar-refractivity contribution in [2.24, 2.45) is 16.6 Å². The number of nitrogens with two attached hydrogens (primary N) is 1. The molecule has 1 atom stereocenters. The highest BCUT2D eigenvalue weighted by molar-refractivity contribution is 8.18. The summed E-state index contributed by atoms with van der Waals surface area (Å²) in [5.74, 6) is -0.0357. The number of hydrogen-bond acceptors (Lipinski definition) is 4. The van der Waals surface area contributed by atoms with Gasteiger partial charge >= 0.3 is 0 Å². The number of nitrogens with zero attached hydrogens (tertiary/aromatic N) is 2. The van der Waals surface area contributed by atoms with Gasteiger partial charge in [0.2, 0.25) is 0 Å². The molecular weight excluding hydrogens is 210 g/mol. The summed E-state index contributed by atoms with van der Waals surface area (Å²) in [6, 6.07) is 0.315. The van der Waals surface area contributed by atoms with Gasteiger partial charge < -0.3 is 10.6 Å². The van der Waals surface area contributed by atoms with Gasteiger partial charge in [-0.1, -0.05) is 13.8 Å². The lowest BCUT2D eigenvalue weighted by molar-refractivity contribution is -0.114. The third-order valence-electron chi connectivity index (χ3n) is 2.50. The van der Waals surface area contributed by atoms with E-state index >= 15 is 0 Å². The molecule has 15 heavy (non-hydrogen) atoms. The average molecular weight is 225 g/mol. The zero-order valence-electron chi connectivity index (χ0n) is 9.15. The molecular formula is C10H15N3OS. The van der Waals surface area contributed by atoms with Crippen LogP contribution in [0.1, 0.15) is 20.8 Å². The zero-order chi connectivity index (χ0) is 11.2. The lowest BCUT2D eigenvalue weighted by Gasteiger charge is -2.20. The standard InChI is InChI=1S/C10H15N3OS/c1-5(2)7-8(9(11)14)15-10-12-6(3)4-13(7)10/h5-6H,4H2,1-3H3,(H2,11,14). The molecule has 4 nitrogen and oxygen atoms in total. The van der Waals surface area contributed by atoms with Gasteiger partial charge in [0.1, 0.15) is 0 Å². The first-order chi connectivity index (χ1) is 7.00. The molecule has 2 rings (SSSR count). The molecule has 0 bridgehead atoms. The second kappa shape index (κ2) is 3.56. The normalized spacial score (nSPS) is 24.9. The van der Waals surface area contributed by atoms with Gasteiger partial charge in [-0.15, -0.1) is 0 Å². The predicted molar refractivity (Wildman–Crippen MR) is 62.3 cm³/mol. The van der Waals surface area contributed by atoms with Crippen LogP contribution in [0.25, 0.3) is 0 Å². The van der Waals surface area contributed by atoms with E-state index in [9.17, 15) is 4.79 Å². The van der Waals surface area contributed by atoms with E-state index in [2.05, 4.69) is 30.7 Å². The van der Waals surface area contributed by atoms with E-state index in [0.717, 1.165) is 17.4 Å². The number of carbonyl (C=O) groups excluding carboxylic acids is 1. The summed E-state index contributed by atoms with van der Waals surface area (Å²) in [5, 5.41) is 0.931. The molecule has 2 N–H and O–H groups in total. The Morgan fingerprint density at radius 3 is 2.87 bits per heavy atom. The van der Waals surface area contributed by atoms with Crippen LogP contribution in [0, 0.1) is 5.92 Å². The Labute approximate surface area is 93.6 Å². The topological polar surface area (TPSA) is 58.7 Å². The Hall–Kier alpha value is -0.970. The van der Waals surface area contributed by atoms with E-state index in [4.69, 9.17) is 5.73 Å². The zero-order valence-corrected chi connectivity index (χ0v) is 9.97. The van der Waals surface area contributed by atoms with Gasteiger partial charge in [-0.05, 0) is 24.6 Å². The van der Waals surface area contributed by atoms with Crippen LogP contribution in [0.5, 0.6) is 0 Å². The second-order valence-electron chi connectivity index (χ2n) is 4.21. The molecule has 0 aliphatic carbocycles. The number of fused-ring (bicyclic) bond motifs is 1. The van der Waals surface area contributed by atoms with Crippen LogP contribution in [-0.4, -0.2) is 28.6 Å². The maximum Gasteiger partial charge on any atom is 0.257 e. The number of aliphatic imine (C=N–C) groups is 1. The summed E-state index contributed by atoms with van der Waals surface area (Å²) in [6.07, 6.45) is 0. The summed E-state index contributed by atoms with van der Waals surface area (Å²) in [5.41, 5.74) is 6.40. The van der Waals surface area contributed by atoms with Crippen molar-refractivity contribution in [3.63, 3.8) is 0 Å². The molecule has 0 aromatic rings. The van der Waals surface area contributed by atoms with Gasteiger partial charge in [0.25, 0.3) is 5.91 Å². The number of rotatable bonds is 2. The Bertz CT molecular complexity index is 373. The maximum absolute atomic E-state index is 11.3. The second-order valence-corrected chi connectivity index (χ2v) is 5.18. The average Bonchev–Trinajstić information content (AvgIpc) is 2.58. The highest BCUT2D eigenvalue weighted by Gasteiger charge is 2.37. The predicted octanol–water partition coefficient (Wildman–Crippen LogP) is 1.15. The molecule has 0 radical (unpaired) electrons. The molecule has 0 aromatic carbocycles. The summed E-state index contributed by atoms with van der Waals surface area (Å²) in [4.78, 5) is 18.6. The van der Waals surface area contributed by atoms with Crippen LogP contribution in [0.2, 0.25) is 0 Å². The molecule has 82 valence electrons. The molecule has 2 aliphatic heterocycles. The number of amidine groups is 1. The Balaban J connectivity index is 2.37. The van der Waals surface area contributed by atoms with Crippen LogP contribution in [-0.2, 0) is 4.79 Å². The highest BCUT2D eigenvalue weighted by atomic mass is 32.2. The summed E-state index contributed by atoms with van der Waals surface area (Å²) in [7, 11) is 0. The van der Waals surface area contributed by atoms with Crippen molar-refractivity contribution < 1.29 is 4.79 Å². The van der Waals surface area contributed by atoms with Crippen molar-refractivity contribution in [2.75, 3.05) is 6.54 Å². The fraction of sp³-hybridized carbons (Fsp3) is 0.600. The van der Waals surface area contributed by atoms with Crippen molar-refractivity contribution in [2.45, 2.75) is 26.8 Å². The lowest BCUT2D eigenvalue weighted by Crippen LogP contribution is -2.26. The smallest absolute Gasteiger partial charge is 0.257 e.